The summed E-state index contributed by atoms with van der Waals surface area (Å²) in [6.45, 7) is 2.43. The minimum Gasteiger partial charge on any atom is -0.492 e. The molecule has 1 aromatic carbocycles. The molecular formula is C12H11Cl2N3O. The molecule has 2 rings (SSSR count). The Bertz CT molecular complexity index is 552. The zero-order chi connectivity index (χ0) is 13.0. The molecule has 0 unspecified atom stereocenters. The minimum absolute atomic E-state index is 0.527. The third kappa shape index (κ3) is 3.03. The van der Waals surface area contributed by atoms with Crippen molar-refractivity contribution in [2.24, 2.45) is 0 Å². The van der Waals surface area contributed by atoms with Crippen LogP contribution in [0.15, 0.2) is 30.9 Å². The molecule has 0 saturated heterocycles. The van der Waals surface area contributed by atoms with Gasteiger partial charge in [-0.1, -0.05) is 23.2 Å². The molecule has 0 bridgehead atoms. The van der Waals surface area contributed by atoms with E-state index in [0.29, 0.717) is 22.4 Å². The van der Waals surface area contributed by atoms with E-state index in [0.717, 1.165) is 5.56 Å². The van der Waals surface area contributed by atoms with Gasteiger partial charge in [0, 0.05) is 10.6 Å². The van der Waals surface area contributed by atoms with Crippen LogP contribution in [0, 0.1) is 0 Å². The van der Waals surface area contributed by atoms with Crippen LogP contribution in [0.4, 0.5) is 0 Å². The van der Waals surface area contributed by atoms with E-state index in [1.807, 2.05) is 13.0 Å². The molecule has 1 aromatic heterocycles. The molecular weight excluding hydrogens is 273 g/mol. The second kappa shape index (κ2) is 5.89. The molecule has 0 aliphatic heterocycles. The lowest BCUT2D eigenvalue weighted by Crippen LogP contribution is -1.96. The van der Waals surface area contributed by atoms with Crippen molar-refractivity contribution in [3.63, 3.8) is 0 Å². The van der Waals surface area contributed by atoms with Crippen molar-refractivity contribution in [2.45, 2.75) is 6.92 Å². The Morgan fingerprint density at radius 2 is 2.28 bits per heavy atom. The number of rotatable bonds is 4. The monoisotopic (exact) mass is 283 g/mol. The maximum absolute atomic E-state index is 6.15. The average molecular weight is 284 g/mol. The summed E-state index contributed by atoms with van der Waals surface area (Å²) in [6, 6.07) is 5.24. The quantitative estimate of drug-likeness (QED) is 0.806. The molecule has 0 atom stereocenters. The largest absolute Gasteiger partial charge is 0.492 e. The molecule has 0 aliphatic carbocycles. The van der Waals surface area contributed by atoms with E-state index in [2.05, 4.69) is 10.1 Å². The van der Waals surface area contributed by atoms with Gasteiger partial charge in [0.25, 0.3) is 0 Å². The SMILES string of the molecule is CCOC(=Cn1cncn1)c1ccc(Cl)cc1Cl. The van der Waals surface area contributed by atoms with Gasteiger partial charge < -0.3 is 4.74 Å². The van der Waals surface area contributed by atoms with Gasteiger partial charge in [0.1, 0.15) is 18.4 Å². The van der Waals surface area contributed by atoms with E-state index < -0.39 is 0 Å². The number of hydrogen-bond acceptors (Lipinski definition) is 3. The van der Waals surface area contributed by atoms with Crippen molar-refractivity contribution < 1.29 is 4.74 Å². The van der Waals surface area contributed by atoms with Crippen LogP contribution in [0.2, 0.25) is 10.0 Å². The van der Waals surface area contributed by atoms with Crippen LogP contribution >= 0.6 is 23.2 Å². The van der Waals surface area contributed by atoms with Crippen molar-refractivity contribution in [1.82, 2.24) is 14.8 Å². The third-order valence-corrected chi connectivity index (χ3v) is 2.73. The van der Waals surface area contributed by atoms with Gasteiger partial charge in [0.2, 0.25) is 0 Å². The summed E-state index contributed by atoms with van der Waals surface area (Å²) >= 11 is 12.0. The summed E-state index contributed by atoms with van der Waals surface area (Å²) in [5.74, 6) is 0.615. The Kier molecular flexibility index (Phi) is 4.23. The van der Waals surface area contributed by atoms with Gasteiger partial charge in [-0.15, -0.1) is 0 Å². The standard InChI is InChI=1S/C12H11Cl2N3O/c1-2-18-12(6-17-8-15-7-16-17)10-4-3-9(13)5-11(10)14/h3-8H,2H2,1H3. The number of nitrogens with zero attached hydrogens (tertiary/aromatic N) is 3. The summed E-state index contributed by atoms with van der Waals surface area (Å²) in [5.41, 5.74) is 0.762. The lowest BCUT2D eigenvalue weighted by Gasteiger charge is -2.10. The van der Waals surface area contributed by atoms with E-state index in [1.165, 1.54) is 6.33 Å². The number of hydrogen-bond donors (Lipinski definition) is 0. The Morgan fingerprint density at radius 3 is 2.89 bits per heavy atom. The fourth-order valence-electron chi connectivity index (χ4n) is 1.43. The first-order valence-corrected chi connectivity index (χ1v) is 6.10. The second-order valence-electron chi connectivity index (χ2n) is 3.43. The molecule has 0 saturated carbocycles. The van der Waals surface area contributed by atoms with Crippen LogP contribution < -0.4 is 0 Å². The number of ether oxygens (including phenoxy) is 1. The lowest BCUT2D eigenvalue weighted by atomic mass is 10.2. The number of benzene rings is 1. The Morgan fingerprint density at radius 1 is 1.44 bits per heavy atom. The van der Waals surface area contributed by atoms with E-state index in [1.54, 1.807) is 29.3 Å². The first-order chi connectivity index (χ1) is 8.70. The molecule has 4 nitrogen and oxygen atoms in total. The smallest absolute Gasteiger partial charge is 0.146 e. The van der Waals surface area contributed by atoms with Gasteiger partial charge >= 0.3 is 0 Å². The zero-order valence-electron chi connectivity index (χ0n) is 9.68. The van der Waals surface area contributed by atoms with Crippen molar-refractivity contribution >= 4 is 35.2 Å². The van der Waals surface area contributed by atoms with Crippen LogP contribution in [-0.2, 0) is 4.74 Å². The summed E-state index contributed by atoms with van der Waals surface area (Å²) < 4.78 is 7.12. The highest BCUT2D eigenvalue weighted by molar-refractivity contribution is 6.35. The van der Waals surface area contributed by atoms with Crippen molar-refractivity contribution in [3.8, 4) is 0 Å². The predicted molar refractivity (Wildman–Crippen MR) is 72.3 cm³/mol. The topological polar surface area (TPSA) is 39.9 Å². The molecule has 94 valence electrons. The number of halogens is 2. The van der Waals surface area contributed by atoms with Gasteiger partial charge in [-0.25, -0.2) is 9.67 Å². The Hall–Kier alpha value is -1.52. The first-order valence-electron chi connectivity index (χ1n) is 5.35. The average Bonchev–Trinajstić information content (AvgIpc) is 2.81. The van der Waals surface area contributed by atoms with Crippen molar-refractivity contribution in [2.75, 3.05) is 6.61 Å². The minimum atomic E-state index is 0.527. The van der Waals surface area contributed by atoms with E-state index in [9.17, 15) is 0 Å². The summed E-state index contributed by atoms with van der Waals surface area (Å²) in [4.78, 5) is 3.86. The van der Waals surface area contributed by atoms with Gasteiger partial charge in [-0.2, -0.15) is 5.10 Å². The summed E-state index contributed by atoms with van der Waals surface area (Å²) in [7, 11) is 0. The normalized spacial score (nSPS) is 11.6. The zero-order valence-corrected chi connectivity index (χ0v) is 11.2. The van der Waals surface area contributed by atoms with Crippen LogP contribution in [-0.4, -0.2) is 21.4 Å². The molecule has 0 spiro atoms. The summed E-state index contributed by atoms with van der Waals surface area (Å²) in [5, 5.41) is 5.10. The fraction of sp³-hybridized carbons (Fsp3) is 0.167. The fourth-order valence-corrected chi connectivity index (χ4v) is 1.94. The number of aromatic nitrogens is 3. The highest BCUT2D eigenvalue weighted by atomic mass is 35.5. The van der Waals surface area contributed by atoms with Gasteiger partial charge in [-0.3, -0.25) is 0 Å². The van der Waals surface area contributed by atoms with E-state index in [-0.39, 0.29) is 0 Å². The molecule has 18 heavy (non-hydrogen) atoms. The Labute approximate surface area is 115 Å². The maximum Gasteiger partial charge on any atom is 0.146 e. The van der Waals surface area contributed by atoms with Crippen LogP contribution in [0.5, 0.6) is 0 Å². The Balaban J connectivity index is 2.41. The molecule has 0 radical (unpaired) electrons. The maximum atomic E-state index is 6.15. The van der Waals surface area contributed by atoms with Crippen LogP contribution in [0.1, 0.15) is 12.5 Å². The van der Waals surface area contributed by atoms with Crippen LogP contribution in [0.25, 0.3) is 12.0 Å². The molecule has 2 aromatic rings. The van der Waals surface area contributed by atoms with Gasteiger partial charge in [-0.05, 0) is 25.1 Å². The third-order valence-electron chi connectivity index (χ3n) is 2.18. The second-order valence-corrected chi connectivity index (χ2v) is 4.27. The molecule has 0 fully saturated rings. The molecule has 0 amide bonds. The van der Waals surface area contributed by atoms with Gasteiger partial charge in [0.05, 0.1) is 17.8 Å². The van der Waals surface area contributed by atoms with Crippen molar-refractivity contribution in [3.05, 3.63) is 46.5 Å². The highest BCUT2D eigenvalue weighted by Crippen LogP contribution is 2.28. The lowest BCUT2D eigenvalue weighted by molar-refractivity contribution is 0.299. The first kappa shape index (κ1) is 12.9. The predicted octanol–water partition coefficient (Wildman–Crippen LogP) is 3.58. The molecule has 1 heterocycles. The van der Waals surface area contributed by atoms with E-state index >= 15 is 0 Å². The summed E-state index contributed by atoms with van der Waals surface area (Å²) in [6.07, 6.45) is 4.73. The van der Waals surface area contributed by atoms with E-state index in [4.69, 9.17) is 27.9 Å². The highest BCUT2D eigenvalue weighted by Gasteiger charge is 2.08. The molecule has 6 heteroatoms. The molecule has 0 aliphatic rings. The van der Waals surface area contributed by atoms with Gasteiger partial charge in [0.15, 0.2) is 0 Å². The van der Waals surface area contributed by atoms with Crippen LogP contribution in [0.3, 0.4) is 0 Å². The van der Waals surface area contributed by atoms with Crippen molar-refractivity contribution in [1.29, 1.82) is 0 Å². The molecule has 0 N–H and O–H groups in total.